The van der Waals surface area contributed by atoms with Crippen molar-refractivity contribution in [1.29, 1.82) is 0 Å². The van der Waals surface area contributed by atoms with E-state index in [0.717, 1.165) is 0 Å². The summed E-state index contributed by atoms with van der Waals surface area (Å²) >= 11 is 0. The van der Waals surface area contributed by atoms with Crippen molar-refractivity contribution >= 4 is 11.6 Å². The molecule has 0 bridgehead atoms. The Bertz CT molecular complexity index is 1280. The lowest BCUT2D eigenvalue weighted by molar-refractivity contribution is -0.251. The normalized spacial score (nSPS) is 33.6. The van der Waals surface area contributed by atoms with Gasteiger partial charge in [-0.3, -0.25) is 9.59 Å². The smallest absolute Gasteiger partial charge is 0.202 e. The van der Waals surface area contributed by atoms with Crippen molar-refractivity contribution < 1.29 is 49.7 Å². The number of hydrogen-bond donors (Lipinski definition) is 7. The van der Waals surface area contributed by atoms with Crippen LogP contribution in [0.3, 0.4) is 0 Å². The molecule has 0 spiro atoms. The van der Waals surface area contributed by atoms with Crippen molar-refractivity contribution in [2.75, 3.05) is 0 Å². The zero-order valence-electron chi connectivity index (χ0n) is 19.5. The number of ether oxygens (including phenoxy) is 2. The fraction of sp³-hybridized carbons (Fsp3) is 0.440. The van der Waals surface area contributed by atoms with Crippen LogP contribution in [0.4, 0.5) is 0 Å². The molecule has 8 N–H and O–H groups in total. The van der Waals surface area contributed by atoms with Crippen molar-refractivity contribution in [1.82, 2.24) is 0 Å². The highest BCUT2D eigenvalue weighted by molar-refractivity contribution is 6.31. The Labute approximate surface area is 205 Å². The van der Waals surface area contributed by atoms with E-state index in [1.54, 1.807) is 6.92 Å². The molecule has 5 rings (SSSR count). The van der Waals surface area contributed by atoms with Gasteiger partial charge in [0, 0.05) is 35.6 Å². The Balaban J connectivity index is 1.68. The van der Waals surface area contributed by atoms with Crippen LogP contribution in [0, 0.1) is 0 Å². The Kier molecular flexibility index (Phi) is 5.63. The molecular weight excluding hydrogens is 474 g/mol. The van der Waals surface area contributed by atoms with Gasteiger partial charge in [0.2, 0.25) is 5.78 Å². The number of nitrogens with two attached hydrogens (primary N) is 1. The largest absolute Gasteiger partial charge is 0.507 e. The highest BCUT2D eigenvalue weighted by Gasteiger charge is 2.50. The van der Waals surface area contributed by atoms with Gasteiger partial charge in [-0.05, 0) is 19.9 Å². The van der Waals surface area contributed by atoms with Gasteiger partial charge in [0.15, 0.2) is 12.1 Å². The van der Waals surface area contributed by atoms with Gasteiger partial charge in [-0.1, -0.05) is 12.1 Å². The monoisotopic (exact) mass is 501 g/mol. The minimum Gasteiger partial charge on any atom is -0.507 e. The van der Waals surface area contributed by atoms with Gasteiger partial charge in [0.25, 0.3) is 0 Å². The van der Waals surface area contributed by atoms with Crippen LogP contribution in [-0.4, -0.2) is 72.3 Å². The lowest BCUT2D eigenvalue weighted by atomic mass is 9.72. The number of carbonyl (C=O) groups excluding carboxylic acids is 2. The lowest BCUT2D eigenvalue weighted by Gasteiger charge is -2.43. The molecule has 2 aromatic rings. The Morgan fingerprint density at radius 2 is 1.67 bits per heavy atom. The molecule has 1 saturated heterocycles. The Morgan fingerprint density at radius 1 is 1.03 bits per heavy atom. The van der Waals surface area contributed by atoms with Crippen molar-refractivity contribution in [3.8, 4) is 17.2 Å². The number of aromatic hydroxyl groups is 3. The number of hydrogen-bond acceptors (Lipinski definition) is 11. The molecule has 36 heavy (non-hydrogen) atoms. The SMILES string of the molecule is C[C@@H]1O[C@@H](OC2CC(C)(O)C(O)c3c(O)c4c(c(O)c32)C(=O)c2c(O)cccc2C4=O)C[C@H](N)[C@@H]1O. The van der Waals surface area contributed by atoms with Crippen LogP contribution in [-0.2, 0) is 9.47 Å². The van der Waals surface area contributed by atoms with Crippen molar-refractivity contribution in [3.63, 3.8) is 0 Å². The highest BCUT2D eigenvalue weighted by atomic mass is 16.7. The number of aliphatic hydroxyl groups excluding tert-OH is 2. The van der Waals surface area contributed by atoms with Crippen LogP contribution >= 0.6 is 0 Å². The van der Waals surface area contributed by atoms with E-state index < -0.39 is 82.3 Å². The molecule has 0 saturated carbocycles. The summed E-state index contributed by atoms with van der Waals surface area (Å²) in [6, 6.07) is 3.19. The molecule has 0 amide bonds. The number of carbonyl (C=O) groups is 2. The quantitative estimate of drug-likeness (QED) is 0.243. The Hall–Kier alpha value is -3.06. The molecule has 11 nitrogen and oxygen atoms in total. The third-order valence-electron chi connectivity index (χ3n) is 7.34. The van der Waals surface area contributed by atoms with Gasteiger partial charge in [0.1, 0.15) is 23.4 Å². The van der Waals surface area contributed by atoms with E-state index in [4.69, 9.17) is 15.2 Å². The van der Waals surface area contributed by atoms with E-state index in [2.05, 4.69) is 0 Å². The zero-order chi connectivity index (χ0) is 26.3. The van der Waals surface area contributed by atoms with E-state index in [-0.39, 0.29) is 35.1 Å². The fourth-order valence-corrected chi connectivity index (χ4v) is 5.41. The van der Waals surface area contributed by atoms with Crippen LogP contribution in [0.15, 0.2) is 18.2 Å². The minimum atomic E-state index is -1.87. The second-order valence-corrected chi connectivity index (χ2v) is 9.88. The van der Waals surface area contributed by atoms with E-state index in [1.165, 1.54) is 25.1 Å². The third kappa shape index (κ3) is 3.43. The van der Waals surface area contributed by atoms with Gasteiger partial charge in [-0.25, -0.2) is 0 Å². The topological polar surface area (TPSA) is 200 Å². The van der Waals surface area contributed by atoms with Crippen LogP contribution in [0.5, 0.6) is 17.2 Å². The minimum absolute atomic E-state index is 0.0678. The molecule has 0 aromatic heterocycles. The first kappa shape index (κ1) is 24.6. The second kappa shape index (κ2) is 8.23. The second-order valence-electron chi connectivity index (χ2n) is 9.88. The summed E-state index contributed by atoms with van der Waals surface area (Å²) in [7, 11) is 0. The number of aliphatic hydroxyl groups is 3. The molecule has 3 aliphatic rings. The van der Waals surface area contributed by atoms with Crippen molar-refractivity contribution in [2.24, 2.45) is 5.73 Å². The number of phenols is 3. The molecule has 2 aliphatic carbocycles. The van der Waals surface area contributed by atoms with Crippen molar-refractivity contribution in [3.05, 3.63) is 51.6 Å². The van der Waals surface area contributed by atoms with Crippen LogP contribution in [0.2, 0.25) is 0 Å². The number of phenolic OH excluding ortho intramolecular Hbond substituents is 3. The molecule has 7 atom stereocenters. The summed E-state index contributed by atoms with van der Waals surface area (Å²) in [6.07, 6.45) is -5.76. The fourth-order valence-electron chi connectivity index (χ4n) is 5.41. The van der Waals surface area contributed by atoms with Gasteiger partial charge < -0.3 is 45.8 Å². The molecule has 2 aromatic carbocycles. The predicted octanol–water partition coefficient (Wildman–Crippen LogP) is 0.648. The Morgan fingerprint density at radius 3 is 2.33 bits per heavy atom. The molecule has 0 radical (unpaired) electrons. The average molecular weight is 501 g/mol. The first-order valence-electron chi connectivity index (χ1n) is 11.5. The zero-order valence-corrected chi connectivity index (χ0v) is 19.5. The summed E-state index contributed by atoms with van der Waals surface area (Å²) in [6.45, 7) is 2.90. The third-order valence-corrected chi connectivity index (χ3v) is 7.34. The maximum atomic E-state index is 13.4. The maximum Gasteiger partial charge on any atom is 0.202 e. The molecule has 1 aliphatic heterocycles. The summed E-state index contributed by atoms with van der Waals surface area (Å²) < 4.78 is 11.7. The van der Waals surface area contributed by atoms with Crippen molar-refractivity contribution in [2.45, 2.75) is 69.0 Å². The standard InChI is InChI=1S/C25H27NO10/c1-8-19(28)10(26)6-13(35-8)36-12-7-25(2,34)24(33)18-15(12)22(31)17-16(23(18)32)20(29)9-4-3-5-11(27)14(9)21(17)30/h3-5,8,10,12-13,19,24,27-28,31-34H,6-7,26H2,1-2H3/t8-,10-,12?,13-,19+,24?,25?/m0/s1. The van der Waals surface area contributed by atoms with Gasteiger partial charge in [-0.15, -0.1) is 0 Å². The van der Waals surface area contributed by atoms with E-state index in [1.807, 2.05) is 0 Å². The maximum absolute atomic E-state index is 13.4. The number of rotatable bonds is 2. The van der Waals surface area contributed by atoms with Gasteiger partial charge in [0.05, 0.1) is 40.6 Å². The molecule has 1 fully saturated rings. The number of fused-ring (bicyclic) bond motifs is 3. The molecule has 3 unspecified atom stereocenters. The van der Waals surface area contributed by atoms with E-state index in [0.29, 0.717) is 0 Å². The van der Waals surface area contributed by atoms with Gasteiger partial charge in [-0.2, -0.15) is 0 Å². The molecule has 11 heteroatoms. The van der Waals surface area contributed by atoms with Gasteiger partial charge >= 0.3 is 0 Å². The first-order chi connectivity index (χ1) is 16.8. The van der Waals surface area contributed by atoms with Crippen LogP contribution < -0.4 is 5.73 Å². The summed E-state index contributed by atoms with van der Waals surface area (Å²) in [5.41, 5.74) is 1.97. The summed E-state index contributed by atoms with van der Waals surface area (Å²) in [4.78, 5) is 26.6. The van der Waals surface area contributed by atoms with E-state index >= 15 is 0 Å². The lowest BCUT2D eigenvalue weighted by Crippen LogP contribution is -2.52. The number of ketones is 2. The molecular formula is C25H27NO10. The van der Waals surface area contributed by atoms with Crippen LogP contribution in [0.25, 0.3) is 0 Å². The van der Waals surface area contributed by atoms with Crippen LogP contribution in [0.1, 0.15) is 81.9 Å². The summed E-state index contributed by atoms with van der Waals surface area (Å²) in [5, 5.41) is 64.7. The number of benzene rings is 2. The van der Waals surface area contributed by atoms with E-state index in [9.17, 15) is 40.2 Å². The average Bonchev–Trinajstić information content (AvgIpc) is 2.80. The summed E-state index contributed by atoms with van der Waals surface area (Å²) in [5.74, 6) is -3.72. The molecule has 192 valence electrons. The highest BCUT2D eigenvalue weighted by Crippen LogP contribution is 2.55. The molecule has 1 heterocycles. The predicted molar refractivity (Wildman–Crippen MR) is 122 cm³/mol. The first-order valence-corrected chi connectivity index (χ1v) is 11.5.